The smallest absolute Gasteiger partial charge is 0.327 e. The number of alkyl halides is 2. The number of rotatable bonds is 4. The summed E-state index contributed by atoms with van der Waals surface area (Å²) >= 11 is 6.57. The normalized spacial score (nSPS) is 12.1. The lowest BCUT2D eigenvalue weighted by atomic mass is 10.1. The van der Waals surface area contributed by atoms with Crippen molar-refractivity contribution in [2.45, 2.75) is 36.3 Å². The van der Waals surface area contributed by atoms with E-state index in [1.165, 1.54) is 0 Å². The zero-order valence-electron chi connectivity index (χ0n) is 13.9. The van der Waals surface area contributed by atoms with E-state index in [1.807, 2.05) is 12.1 Å². The second kappa shape index (κ2) is 6.84. The third-order valence-corrected chi connectivity index (χ3v) is 3.87. The van der Waals surface area contributed by atoms with Gasteiger partial charge in [0.1, 0.15) is 20.1 Å². The highest BCUT2D eigenvalue weighted by atomic mass is 79.9. The fourth-order valence-corrected chi connectivity index (χ4v) is 2.03. The van der Waals surface area contributed by atoms with E-state index in [9.17, 15) is 9.59 Å². The summed E-state index contributed by atoms with van der Waals surface area (Å²) in [6.07, 6.45) is 0. The average molecular weight is 458 g/mol. The van der Waals surface area contributed by atoms with Gasteiger partial charge in [-0.2, -0.15) is 0 Å². The Hall–Kier alpha value is -1.40. The number of esters is 2. The van der Waals surface area contributed by atoms with Gasteiger partial charge in [0, 0.05) is 10.8 Å². The van der Waals surface area contributed by atoms with Crippen molar-refractivity contribution in [2.75, 3.05) is 0 Å². The molecule has 0 aromatic heterocycles. The highest BCUT2D eigenvalue weighted by molar-refractivity contribution is 9.10. The lowest BCUT2D eigenvalue weighted by Gasteiger charge is -2.18. The molecular weight excluding hydrogens is 440 g/mol. The van der Waals surface area contributed by atoms with Crippen molar-refractivity contribution in [3.63, 3.8) is 0 Å². The minimum Gasteiger partial charge on any atom is -0.425 e. The zero-order valence-corrected chi connectivity index (χ0v) is 17.0. The molecule has 24 heavy (non-hydrogen) atoms. The van der Waals surface area contributed by atoms with Crippen LogP contribution in [0.5, 0.6) is 11.5 Å². The molecule has 0 radical (unpaired) electrons. The molecule has 0 spiro atoms. The standard InChI is InChI=1S/C18H18Br2O4/c1-17(2,19)15(21)23-13-9-5-8-12-11(13)7-6-10-14(12)24-16(22)18(3,4)20/h5-10H,1-4H3. The van der Waals surface area contributed by atoms with Crippen molar-refractivity contribution in [3.05, 3.63) is 36.4 Å². The molecule has 0 atom stereocenters. The van der Waals surface area contributed by atoms with E-state index in [2.05, 4.69) is 31.9 Å². The van der Waals surface area contributed by atoms with Crippen LogP contribution in [0.2, 0.25) is 0 Å². The van der Waals surface area contributed by atoms with Gasteiger partial charge in [0.25, 0.3) is 0 Å². The maximum atomic E-state index is 12.1. The number of halogens is 2. The molecule has 2 aromatic rings. The largest absolute Gasteiger partial charge is 0.425 e. The minimum atomic E-state index is -0.792. The average Bonchev–Trinajstić information content (AvgIpc) is 2.46. The Bertz CT molecular complexity index is 718. The molecule has 0 N–H and O–H groups in total. The number of carbonyl (C=O) groups excluding carboxylic acids is 2. The molecule has 6 heteroatoms. The Kier molecular flexibility index (Phi) is 5.40. The molecule has 0 aliphatic carbocycles. The van der Waals surface area contributed by atoms with Crippen molar-refractivity contribution in [1.82, 2.24) is 0 Å². The van der Waals surface area contributed by atoms with Crippen LogP contribution in [-0.4, -0.2) is 20.6 Å². The van der Waals surface area contributed by atoms with Crippen LogP contribution in [0.25, 0.3) is 10.8 Å². The van der Waals surface area contributed by atoms with Gasteiger partial charge in [-0.05, 0) is 39.8 Å². The summed E-state index contributed by atoms with van der Waals surface area (Å²) in [6.45, 7) is 6.86. The van der Waals surface area contributed by atoms with Crippen molar-refractivity contribution in [3.8, 4) is 11.5 Å². The van der Waals surface area contributed by atoms with Gasteiger partial charge in [0.2, 0.25) is 0 Å². The Morgan fingerprint density at radius 1 is 0.750 bits per heavy atom. The van der Waals surface area contributed by atoms with Crippen LogP contribution in [0.3, 0.4) is 0 Å². The lowest BCUT2D eigenvalue weighted by molar-refractivity contribution is -0.136. The summed E-state index contributed by atoms with van der Waals surface area (Å²) < 4.78 is 9.38. The van der Waals surface area contributed by atoms with E-state index in [-0.39, 0.29) is 0 Å². The second-order valence-electron chi connectivity index (χ2n) is 6.33. The Balaban J connectivity index is 2.43. The molecule has 0 saturated carbocycles. The molecule has 0 bridgehead atoms. The molecule has 0 unspecified atom stereocenters. The topological polar surface area (TPSA) is 52.6 Å². The number of benzene rings is 2. The number of fused-ring (bicyclic) bond motifs is 1. The summed E-state index contributed by atoms with van der Waals surface area (Å²) in [5, 5.41) is 1.39. The van der Waals surface area contributed by atoms with Crippen LogP contribution in [-0.2, 0) is 9.59 Å². The summed E-state index contributed by atoms with van der Waals surface area (Å²) in [6, 6.07) is 10.6. The van der Waals surface area contributed by atoms with Gasteiger partial charge < -0.3 is 9.47 Å². The maximum absolute atomic E-state index is 12.1. The molecule has 4 nitrogen and oxygen atoms in total. The monoisotopic (exact) mass is 456 g/mol. The summed E-state index contributed by atoms with van der Waals surface area (Å²) in [4.78, 5) is 24.2. The predicted molar refractivity (Wildman–Crippen MR) is 101 cm³/mol. The first kappa shape index (κ1) is 18.9. The number of hydrogen-bond donors (Lipinski definition) is 0. The maximum Gasteiger partial charge on any atom is 0.327 e. The molecule has 2 aromatic carbocycles. The van der Waals surface area contributed by atoms with E-state index in [1.54, 1.807) is 52.0 Å². The summed E-state index contributed by atoms with van der Waals surface area (Å²) in [7, 11) is 0. The molecule has 0 fully saturated rings. The summed E-state index contributed by atoms with van der Waals surface area (Å²) in [5.41, 5.74) is 0. The molecule has 0 saturated heterocycles. The van der Waals surface area contributed by atoms with Crippen LogP contribution in [0.15, 0.2) is 36.4 Å². The van der Waals surface area contributed by atoms with E-state index in [4.69, 9.17) is 9.47 Å². The van der Waals surface area contributed by atoms with Gasteiger partial charge in [0.05, 0.1) is 0 Å². The highest BCUT2D eigenvalue weighted by Gasteiger charge is 2.28. The fourth-order valence-electron chi connectivity index (χ4n) is 1.87. The van der Waals surface area contributed by atoms with Crippen LogP contribution >= 0.6 is 31.9 Å². The van der Waals surface area contributed by atoms with E-state index in [0.29, 0.717) is 22.3 Å². The molecule has 0 heterocycles. The lowest BCUT2D eigenvalue weighted by Crippen LogP contribution is -2.29. The first-order chi connectivity index (χ1) is 11.0. The highest BCUT2D eigenvalue weighted by Crippen LogP contribution is 2.34. The Morgan fingerprint density at radius 3 is 1.38 bits per heavy atom. The third kappa shape index (κ3) is 4.36. The van der Waals surface area contributed by atoms with E-state index in [0.717, 1.165) is 0 Å². The van der Waals surface area contributed by atoms with Gasteiger partial charge >= 0.3 is 11.9 Å². The number of hydrogen-bond acceptors (Lipinski definition) is 4. The van der Waals surface area contributed by atoms with Gasteiger partial charge in [-0.25, -0.2) is 0 Å². The first-order valence-electron chi connectivity index (χ1n) is 7.34. The minimum absolute atomic E-state index is 0.404. The molecular formula is C18H18Br2O4. The SMILES string of the molecule is CC(C)(Br)C(=O)Oc1cccc2c(OC(=O)C(C)(C)Br)cccc12. The molecule has 2 rings (SSSR count). The number of ether oxygens (including phenoxy) is 2. The first-order valence-corrected chi connectivity index (χ1v) is 8.93. The van der Waals surface area contributed by atoms with Crippen LogP contribution in [0.1, 0.15) is 27.7 Å². The Morgan fingerprint density at radius 2 is 1.08 bits per heavy atom. The zero-order chi connectivity index (χ0) is 18.1. The quantitative estimate of drug-likeness (QED) is 0.368. The van der Waals surface area contributed by atoms with E-state index >= 15 is 0 Å². The second-order valence-corrected chi connectivity index (χ2v) is 10.3. The van der Waals surface area contributed by atoms with Crippen LogP contribution in [0, 0.1) is 0 Å². The molecule has 0 amide bonds. The van der Waals surface area contributed by atoms with Crippen molar-refractivity contribution >= 4 is 54.6 Å². The summed E-state index contributed by atoms with van der Waals surface area (Å²) in [5.74, 6) is 0.0278. The fraction of sp³-hybridized carbons (Fsp3) is 0.333. The van der Waals surface area contributed by atoms with Crippen molar-refractivity contribution in [1.29, 1.82) is 0 Å². The van der Waals surface area contributed by atoms with Crippen molar-refractivity contribution in [2.24, 2.45) is 0 Å². The molecule has 0 aliphatic heterocycles. The molecule has 0 aliphatic rings. The molecule has 128 valence electrons. The van der Waals surface area contributed by atoms with Crippen LogP contribution in [0.4, 0.5) is 0 Å². The van der Waals surface area contributed by atoms with Gasteiger partial charge in [0.15, 0.2) is 0 Å². The van der Waals surface area contributed by atoms with Gasteiger partial charge in [-0.15, -0.1) is 0 Å². The predicted octanol–water partition coefficient (Wildman–Crippen LogP) is 5.00. The third-order valence-electron chi connectivity index (χ3n) is 3.22. The Labute approximate surface area is 157 Å². The number of carbonyl (C=O) groups is 2. The van der Waals surface area contributed by atoms with Gasteiger partial charge in [-0.1, -0.05) is 56.1 Å². The van der Waals surface area contributed by atoms with Crippen molar-refractivity contribution < 1.29 is 19.1 Å². The van der Waals surface area contributed by atoms with E-state index < -0.39 is 20.6 Å². The van der Waals surface area contributed by atoms with Crippen LogP contribution < -0.4 is 9.47 Å². The van der Waals surface area contributed by atoms with Gasteiger partial charge in [-0.3, -0.25) is 9.59 Å².